The lowest BCUT2D eigenvalue weighted by molar-refractivity contribution is -0.167. The van der Waals surface area contributed by atoms with E-state index in [2.05, 4.69) is 32.9 Å². The van der Waals surface area contributed by atoms with E-state index in [9.17, 15) is 14.4 Å². The van der Waals surface area contributed by atoms with Crippen LogP contribution in [-0.2, 0) is 28.6 Å². The van der Waals surface area contributed by atoms with Crippen molar-refractivity contribution in [2.45, 2.75) is 303 Å². The van der Waals surface area contributed by atoms with Gasteiger partial charge in [-0.2, -0.15) is 0 Å². The molecule has 0 spiro atoms. The van der Waals surface area contributed by atoms with Crippen LogP contribution in [-0.4, -0.2) is 37.2 Å². The van der Waals surface area contributed by atoms with Gasteiger partial charge in [-0.1, -0.05) is 245 Å². The highest BCUT2D eigenvalue weighted by Gasteiger charge is 2.19. The van der Waals surface area contributed by atoms with Crippen molar-refractivity contribution < 1.29 is 28.6 Å². The Morgan fingerprint density at radius 2 is 0.550 bits per heavy atom. The first kappa shape index (κ1) is 58.1. The molecule has 0 aromatic heterocycles. The fraction of sp³-hybridized carbons (Fsp3) is 0.907. The molecule has 0 saturated heterocycles. The van der Waals surface area contributed by atoms with Crippen LogP contribution in [0.3, 0.4) is 0 Å². The molecule has 0 fully saturated rings. The van der Waals surface area contributed by atoms with Gasteiger partial charge in [-0.15, -0.1) is 0 Å². The second-order valence-electron chi connectivity index (χ2n) is 18.2. The van der Waals surface area contributed by atoms with E-state index in [-0.39, 0.29) is 31.1 Å². The molecule has 0 heterocycles. The fourth-order valence-corrected chi connectivity index (χ4v) is 7.97. The lowest BCUT2D eigenvalue weighted by Crippen LogP contribution is -2.30. The summed E-state index contributed by atoms with van der Waals surface area (Å²) in [7, 11) is 0. The molecule has 0 amide bonds. The summed E-state index contributed by atoms with van der Waals surface area (Å²) in [6, 6.07) is 0. The van der Waals surface area contributed by atoms with Gasteiger partial charge in [0.15, 0.2) is 6.10 Å². The standard InChI is InChI=1S/C54H102O6/c1-4-7-10-13-16-19-22-25-27-30-32-35-38-41-44-47-53(56)59-50-51(49-58-52(55)46-43-40-37-34-31-28-24-21-18-15-12-9-6-3)60-54(57)48-45-42-39-36-33-29-26-23-20-17-14-11-8-5-2/h21,24,51H,4-20,22-23,25-50H2,1-3H3/b24-21+/t51-/m1/s1. The van der Waals surface area contributed by atoms with Crippen LogP contribution in [0.2, 0.25) is 0 Å². The van der Waals surface area contributed by atoms with Crippen LogP contribution in [0.25, 0.3) is 0 Å². The van der Waals surface area contributed by atoms with Gasteiger partial charge in [0.25, 0.3) is 0 Å². The molecule has 0 radical (unpaired) electrons. The number of unbranched alkanes of at least 4 members (excludes halogenated alkanes) is 36. The molecule has 0 N–H and O–H groups in total. The number of rotatable bonds is 49. The Balaban J connectivity index is 4.33. The maximum Gasteiger partial charge on any atom is 0.306 e. The van der Waals surface area contributed by atoms with Crippen molar-refractivity contribution in [1.29, 1.82) is 0 Å². The Hall–Kier alpha value is -1.85. The Morgan fingerprint density at radius 1 is 0.317 bits per heavy atom. The molecule has 0 rings (SSSR count). The van der Waals surface area contributed by atoms with E-state index in [0.29, 0.717) is 19.3 Å². The molecule has 6 heteroatoms. The summed E-state index contributed by atoms with van der Waals surface area (Å²) in [6.45, 7) is 6.66. The Kier molecular flexibility index (Phi) is 48.3. The molecule has 0 saturated carbocycles. The van der Waals surface area contributed by atoms with E-state index in [0.717, 1.165) is 64.2 Å². The van der Waals surface area contributed by atoms with Crippen molar-refractivity contribution in [2.75, 3.05) is 13.2 Å². The highest BCUT2D eigenvalue weighted by Crippen LogP contribution is 2.16. The van der Waals surface area contributed by atoms with Crippen molar-refractivity contribution in [3.63, 3.8) is 0 Å². The van der Waals surface area contributed by atoms with Crippen LogP contribution in [0.4, 0.5) is 0 Å². The number of hydrogen-bond donors (Lipinski definition) is 0. The van der Waals surface area contributed by atoms with Gasteiger partial charge in [-0.25, -0.2) is 0 Å². The zero-order chi connectivity index (χ0) is 43.7. The van der Waals surface area contributed by atoms with Gasteiger partial charge < -0.3 is 14.2 Å². The van der Waals surface area contributed by atoms with E-state index >= 15 is 0 Å². The molecule has 0 aromatic rings. The van der Waals surface area contributed by atoms with Gasteiger partial charge in [0.2, 0.25) is 0 Å². The monoisotopic (exact) mass is 847 g/mol. The third-order valence-electron chi connectivity index (χ3n) is 12.0. The minimum absolute atomic E-state index is 0.0669. The molecule has 60 heavy (non-hydrogen) atoms. The predicted octanol–water partition coefficient (Wildman–Crippen LogP) is 17.4. The third-order valence-corrected chi connectivity index (χ3v) is 12.0. The minimum Gasteiger partial charge on any atom is -0.462 e. The normalized spacial score (nSPS) is 12.0. The van der Waals surface area contributed by atoms with Crippen LogP contribution in [0.15, 0.2) is 12.2 Å². The number of carbonyl (C=O) groups excluding carboxylic acids is 3. The summed E-state index contributed by atoms with van der Waals surface area (Å²) in [5.74, 6) is -0.857. The fourth-order valence-electron chi connectivity index (χ4n) is 7.97. The minimum atomic E-state index is -0.766. The van der Waals surface area contributed by atoms with Gasteiger partial charge in [0.1, 0.15) is 13.2 Å². The third kappa shape index (κ3) is 47.2. The lowest BCUT2D eigenvalue weighted by Gasteiger charge is -2.18. The number of allylic oxidation sites excluding steroid dienone is 2. The van der Waals surface area contributed by atoms with E-state index in [1.807, 2.05) is 0 Å². The van der Waals surface area contributed by atoms with Crippen molar-refractivity contribution in [3.05, 3.63) is 12.2 Å². The second kappa shape index (κ2) is 49.8. The van der Waals surface area contributed by atoms with Crippen LogP contribution in [0.5, 0.6) is 0 Å². The van der Waals surface area contributed by atoms with Crippen LogP contribution in [0.1, 0.15) is 297 Å². The van der Waals surface area contributed by atoms with Gasteiger partial charge in [-0.3, -0.25) is 14.4 Å². The van der Waals surface area contributed by atoms with Gasteiger partial charge in [0, 0.05) is 19.3 Å². The van der Waals surface area contributed by atoms with Crippen LogP contribution in [0, 0.1) is 0 Å². The molecular formula is C54H102O6. The maximum absolute atomic E-state index is 12.8. The van der Waals surface area contributed by atoms with Crippen molar-refractivity contribution in [3.8, 4) is 0 Å². The summed E-state index contributed by atoms with van der Waals surface area (Å²) in [4.78, 5) is 38.0. The Bertz CT molecular complexity index is 931. The quantitative estimate of drug-likeness (QED) is 0.0263. The molecule has 0 aromatic carbocycles. The number of esters is 3. The zero-order valence-corrected chi connectivity index (χ0v) is 40.5. The van der Waals surface area contributed by atoms with Crippen molar-refractivity contribution in [2.24, 2.45) is 0 Å². The molecule has 0 aliphatic rings. The van der Waals surface area contributed by atoms with Crippen molar-refractivity contribution >= 4 is 17.9 Å². The van der Waals surface area contributed by atoms with E-state index in [4.69, 9.17) is 14.2 Å². The van der Waals surface area contributed by atoms with Crippen molar-refractivity contribution in [1.82, 2.24) is 0 Å². The number of ether oxygens (including phenoxy) is 3. The summed E-state index contributed by atoms with van der Waals surface area (Å²) in [5.41, 5.74) is 0. The van der Waals surface area contributed by atoms with Crippen LogP contribution < -0.4 is 0 Å². The first-order valence-electron chi connectivity index (χ1n) is 26.7. The van der Waals surface area contributed by atoms with E-state index < -0.39 is 6.10 Å². The molecule has 354 valence electrons. The SMILES string of the molecule is CCCCCC/C=C/CCCCCCCC(=O)OC[C@H](COC(=O)CCCCCCCCCCCCCCCCC)OC(=O)CCCCCCCCCCCCCCCC. The molecule has 1 atom stereocenters. The molecule has 6 nitrogen and oxygen atoms in total. The first-order valence-corrected chi connectivity index (χ1v) is 26.7. The number of hydrogen-bond acceptors (Lipinski definition) is 6. The Morgan fingerprint density at radius 3 is 0.850 bits per heavy atom. The van der Waals surface area contributed by atoms with Gasteiger partial charge >= 0.3 is 17.9 Å². The zero-order valence-electron chi connectivity index (χ0n) is 40.5. The maximum atomic E-state index is 12.8. The average molecular weight is 847 g/mol. The average Bonchev–Trinajstić information content (AvgIpc) is 3.24. The molecule has 0 aliphatic carbocycles. The van der Waals surface area contributed by atoms with E-state index in [1.54, 1.807) is 0 Å². The predicted molar refractivity (Wildman–Crippen MR) is 256 cm³/mol. The molecule has 0 bridgehead atoms. The highest BCUT2D eigenvalue weighted by atomic mass is 16.6. The van der Waals surface area contributed by atoms with E-state index in [1.165, 1.54) is 193 Å². The number of carbonyl (C=O) groups is 3. The summed E-state index contributed by atoms with van der Waals surface area (Å²) < 4.78 is 16.8. The second-order valence-corrected chi connectivity index (χ2v) is 18.2. The van der Waals surface area contributed by atoms with Gasteiger partial charge in [0.05, 0.1) is 0 Å². The molecule has 0 aliphatic heterocycles. The smallest absolute Gasteiger partial charge is 0.306 e. The first-order chi connectivity index (χ1) is 29.5. The largest absolute Gasteiger partial charge is 0.462 e. The van der Waals surface area contributed by atoms with Crippen LogP contribution >= 0.6 is 0 Å². The highest BCUT2D eigenvalue weighted by molar-refractivity contribution is 5.71. The topological polar surface area (TPSA) is 78.9 Å². The summed E-state index contributed by atoms with van der Waals surface area (Å²) in [6.07, 6.45) is 54.7. The molecule has 0 unspecified atom stereocenters. The molecular weight excluding hydrogens is 745 g/mol. The summed E-state index contributed by atoms with van der Waals surface area (Å²) >= 11 is 0. The summed E-state index contributed by atoms with van der Waals surface area (Å²) in [5, 5.41) is 0. The lowest BCUT2D eigenvalue weighted by atomic mass is 10.0. The Labute approximate surface area is 373 Å². The van der Waals surface area contributed by atoms with Gasteiger partial charge in [-0.05, 0) is 44.9 Å².